The van der Waals surface area contributed by atoms with E-state index in [9.17, 15) is 9.90 Å². The summed E-state index contributed by atoms with van der Waals surface area (Å²) in [5.41, 5.74) is 13.5. The first-order valence-electron chi connectivity index (χ1n) is 9.59. The summed E-state index contributed by atoms with van der Waals surface area (Å²) >= 11 is 0. The summed E-state index contributed by atoms with van der Waals surface area (Å²) in [6.07, 6.45) is 8.91. The number of aromatic nitrogens is 1. The van der Waals surface area contributed by atoms with Crippen LogP contribution in [0.5, 0.6) is 5.75 Å². The van der Waals surface area contributed by atoms with E-state index in [1.807, 2.05) is 17.0 Å². The van der Waals surface area contributed by atoms with Crippen molar-refractivity contribution in [1.82, 2.24) is 9.88 Å². The Morgan fingerprint density at radius 3 is 2.46 bits per heavy atom. The smallest absolute Gasteiger partial charge is 0.245 e. The molecule has 2 atom stereocenters. The number of hydrogen-bond donors (Lipinski definition) is 4. The molecule has 1 aromatic heterocycles. The zero-order valence-corrected chi connectivity index (χ0v) is 16.0. The number of nitrogen functional groups attached to an aromatic ring is 1. The highest BCUT2D eigenvalue weighted by Gasteiger charge is 2.37. The van der Waals surface area contributed by atoms with Crippen molar-refractivity contribution in [2.24, 2.45) is 17.6 Å². The largest absolute Gasteiger partial charge is 0.507 e. The molecule has 0 radical (unpaired) electrons. The third kappa shape index (κ3) is 4.39. The summed E-state index contributed by atoms with van der Waals surface area (Å²) in [4.78, 5) is 16.1. The van der Waals surface area contributed by atoms with Crippen molar-refractivity contribution in [1.29, 1.82) is 0 Å². The number of phenols is 1. The molecule has 6 nitrogen and oxygen atoms in total. The minimum atomic E-state index is 0.115. The van der Waals surface area contributed by atoms with Gasteiger partial charge in [0.1, 0.15) is 11.6 Å². The number of nitrogens with two attached hydrogens (primary N) is 2. The van der Waals surface area contributed by atoms with Crippen LogP contribution in [0.1, 0.15) is 30.4 Å². The summed E-state index contributed by atoms with van der Waals surface area (Å²) in [5, 5.41) is 9.62. The molecule has 1 amide bonds. The number of nitrogens with one attached hydrogen (secondary N) is 1. The zero-order valence-electron chi connectivity index (χ0n) is 16.0. The zero-order chi connectivity index (χ0) is 20.1. The number of anilines is 1. The van der Waals surface area contributed by atoms with E-state index in [0.29, 0.717) is 17.1 Å². The number of para-hydroxylation sites is 1. The lowest BCUT2D eigenvalue weighted by molar-refractivity contribution is -0.125. The normalized spacial score (nSPS) is 21.0. The van der Waals surface area contributed by atoms with Crippen LogP contribution in [0, 0.1) is 11.8 Å². The predicted molar refractivity (Wildman–Crippen MR) is 113 cm³/mol. The van der Waals surface area contributed by atoms with Gasteiger partial charge in [-0.3, -0.25) is 4.79 Å². The molecule has 6 heteroatoms. The topological polar surface area (TPSA) is 108 Å². The number of benzene rings is 1. The van der Waals surface area contributed by atoms with Gasteiger partial charge in [-0.2, -0.15) is 0 Å². The monoisotopic (exact) mass is 380 g/mol. The van der Waals surface area contributed by atoms with Crippen LogP contribution in [-0.4, -0.2) is 34.0 Å². The molecule has 2 heterocycles. The maximum atomic E-state index is 11.3. The molecule has 28 heavy (non-hydrogen) atoms. The standard InChI is InChI=1S/C12H13N3O.C10H15NO/c13-10(7-8-5-6-15-12(8)14)9-3-1-2-4-11(9)16;1-2-10(12)11-6-8-4-3-5-9(8)7-11/h1-7,15-16H,13-14H2;2,8-9H,1,3-7H2/b10-7-;. The second kappa shape index (κ2) is 8.69. The van der Waals surface area contributed by atoms with Crippen molar-refractivity contribution in [3.05, 3.63) is 60.3 Å². The number of phenolic OH excluding ortho intramolecular Hbond substituents is 1. The highest BCUT2D eigenvalue weighted by Crippen LogP contribution is 2.37. The number of likely N-dealkylation sites (tertiary alicyclic amines) is 1. The SMILES string of the molecule is C=CC(=O)N1CC2CCCC2C1.N/C(=C\c1cc[nH]c1N)c1ccccc1O. The number of fused-ring (bicyclic) bond motifs is 1. The molecule has 6 N–H and O–H groups in total. The molecule has 2 fully saturated rings. The molecule has 4 rings (SSSR count). The average molecular weight is 380 g/mol. The third-order valence-electron chi connectivity index (χ3n) is 5.55. The highest BCUT2D eigenvalue weighted by atomic mass is 16.3. The van der Waals surface area contributed by atoms with Gasteiger partial charge in [0.25, 0.3) is 0 Å². The van der Waals surface area contributed by atoms with Gasteiger partial charge in [-0.25, -0.2) is 0 Å². The molecule has 1 saturated heterocycles. The molecule has 148 valence electrons. The van der Waals surface area contributed by atoms with E-state index in [0.717, 1.165) is 30.5 Å². The fourth-order valence-corrected chi connectivity index (χ4v) is 4.03. The van der Waals surface area contributed by atoms with Crippen LogP contribution < -0.4 is 11.5 Å². The Morgan fingerprint density at radius 1 is 1.21 bits per heavy atom. The van der Waals surface area contributed by atoms with Crippen LogP contribution in [0.3, 0.4) is 0 Å². The Bertz CT molecular complexity index is 859. The van der Waals surface area contributed by atoms with Crippen molar-refractivity contribution in [2.45, 2.75) is 19.3 Å². The number of amides is 1. The first-order valence-corrected chi connectivity index (χ1v) is 9.59. The Labute approximate surface area is 165 Å². The lowest BCUT2D eigenvalue weighted by Crippen LogP contribution is -2.27. The molecule has 2 unspecified atom stereocenters. The molecule has 0 bridgehead atoms. The van der Waals surface area contributed by atoms with Gasteiger partial charge in [0.2, 0.25) is 5.91 Å². The van der Waals surface area contributed by atoms with E-state index in [2.05, 4.69) is 11.6 Å². The molecule has 0 spiro atoms. The Morgan fingerprint density at radius 2 is 1.89 bits per heavy atom. The Hall–Kier alpha value is -3.15. The summed E-state index contributed by atoms with van der Waals surface area (Å²) in [6.45, 7) is 5.47. The van der Waals surface area contributed by atoms with Gasteiger partial charge in [0, 0.05) is 36.1 Å². The van der Waals surface area contributed by atoms with Gasteiger partial charge in [-0.05, 0) is 55.0 Å². The first kappa shape index (κ1) is 19.6. The molecule has 1 aliphatic carbocycles. The molecular weight excluding hydrogens is 352 g/mol. The van der Waals surface area contributed by atoms with Crippen molar-refractivity contribution in [3.63, 3.8) is 0 Å². The van der Waals surface area contributed by atoms with Gasteiger partial charge >= 0.3 is 0 Å². The van der Waals surface area contributed by atoms with E-state index >= 15 is 0 Å². The number of rotatable bonds is 3. The van der Waals surface area contributed by atoms with Crippen LogP contribution in [0.25, 0.3) is 11.8 Å². The minimum absolute atomic E-state index is 0.115. The van der Waals surface area contributed by atoms with Gasteiger partial charge < -0.3 is 26.5 Å². The van der Waals surface area contributed by atoms with Gasteiger partial charge in [-0.15, -0.1) is 0 Å². The number of nitrogens with zero attached hydrogens (tertiary/aromatic N) is 1. The molecular formula is C22H28N4O2. The molecule has 2 aliphatic rings. The maximum Gasteiger partial charge on any atom is 0.245 e. The van der Waals surface area contributed by atoms with Crippen LogP contribution in [0.15, 0.2) is 49.2 Å². The third-order valence-corrected chi connectivity index (χ3v) is 5.55. The summed E-state index contributed by atoms with van der Waals surface area (Å²) in [5.74, 6) is 2.43. The highest BCUT2D eigenvalue weighted by molar-refractivity contribution is 5.87. The molecule has 1 aliphatic heterocycles. The van der Waals surface area contributed by atoms with Gasteiger partial charge in [-0.1, -0.05) is 25.1 Å². The second-order valence-electron chi connectivity index (χ2n) is 7.36. The van der Waals surface area contributed by atoms with Gasteiger partial charge in [0.05, 0.1) is 0 Å². The minimum Gasteiger partial charge on any atom is -0.507 e. The van der Waals surface area contributed by atoms with Crippen molar-refractivity contribution < 1.29 is 9.90 Å². The van der Waals surface area contributed by atoms with E-state index < -0.39 is 0 Å². The van der Waals surface area contributed by atoms with Crippen molar-refractivity contribution >= 4 is 23.5 Å². The number of H-pyrrole nitrogens is 1. The van der Waals surface area contributed by atoms with E-state index in [-0.39, 0.29) is 11.7 Å². The van der Waals surface area contributed by atoms with E-state index in [4.69, 9.17) is 11.5 Å². The molecule has 1 saturated carbocycles. The Balaban J connectivity index is 0.000000167. The fraction of sp³-hybridized carbons (Fsp3) is 0.318. The number of carbonyl (C=O) groups is 1. The lowest BCUT2D eigenvalue weighted by atomic mass is 10.0. The molecule has 2 aromatic rings. The summed E-state index contributed by atoms with van der Waals surface area (Å²) in [6, 6.07) is 8.73. The van der Waals surface area contributed by atoms with Crippen molar-refractivity contribution in [2.75, 3.05) is 18.8 Å². The van der Waals surface area contributed by atoms with Crippen LogP contribution >= 0.6 is 0 Å². The quantitative estimate of drug-likeness (QED) is 0.613. The summed E-state index contributed by atoms with van der Waals surface area (Å²) in [7, 11) is 0. The van der Waals surface area contributed by atoms with E-state index in [1.165, 1.54) is 25.3 Å². The second-order valence-corrected chi connectivity index (χ2v) is 7.36. The predicted octanol–water partition coefficient (Wildman–Crippen LogP) is 3.19. The average Bonchev–Trinajstić information content (AvgIpc) is 3.39. The van der Waals surface area contributed by atoms with Crippen LogP contribution in [-0.2, 0) is 4.79 Å². The molecule has 1 aromatic carbocycles. The maximum absolute atomic E-state index is 11.3. The van der Waals surface area contributed by atoms with Crippen LogP contribution in [0.4, 0.5) is 5.82 Å². The van der Waals surface area contributed by atoms with Crippen molar-refractivity contribution in [3.8, 4) is 5.75 Å². The Kier molecular flexibility index (Phi) is 6.09. The van der Waals surface area contributed by atoms with Crippen LogP contribution in [0.2, 0.25) is 0 Å². The summed E-state index contributed by atoms with van der Waals surface area (Å²) < 4.78 is 0. The van der Waals surface area contributed by atoms with Gasteiger partial charge in [0.15, 0.2) is 0 Å². The number of aromatic amines is 1. The number of hydrogen-bond acceptors (Lipinski definition) is 4. The first-order chi connectivity index (χ1) is 13.5. The fourth-order valence-electron chi connectivity index (χ4n) is 4.03. The lowest BCUT2D eigenvalue weighted by Gasteiger charge is -2.14. The number of aromatic hydroxyl groups is 1. The van der Waals surface area contributed by atoms with E-state index in [1.54, 1.807) is 30.5 Å². The number of carbonyl (C=O) groups excluding carboxylic acids is 1.